The zero-order valence-electron chi connectivity index (χ0n) is 9.70. The first kappa shape index (κ1) is 13.6. The van der Waals surface area contributed by atoms with E-state index in [1.165, 1.54) is 23.5 Å². The lowest BCUT2D eigenvalue weighted by molar-refractivity contribution is -0.137. The maximum absolute atomic E-state index is 12.4. The molecule has 2 rings (SSSR count). The highest BCUT2D eigenvalue weighted by Gasteiger charge is 2.29. The summed E-state index contributed by atoms with van der Waals surface area (Å²) in [4.78, 5) is 12.2. The number of nitrogens with one attached hydrogen (secondary N) is 1. The summed E-state index contributed by atoms with van der Waals surface area (Å²) >= 11 is 1.31. The van der Waals surface area contributed by atoms with Gasteiger partial charge in [0.25, 0.3) is 5.91 Å². The second kappa shape index (κ2) is 5.44. The van der Waals surface area contributed by atoms with Gasteiger partial charge in [-0.05, 0) is 29.1 Å². The van der Waals surface area contributed by atoms with Gasteiger partial charge in [0.1, 0.15) is 0 Å². The van der Waals surface area contributed by atoms with Crippen molar-refractivity contribution in [3.05, 3.63) is 57.8 Å². The monoisotopic (exact) mass is 285 g/mol. The Hall–Kier alpha value is -1.82. The summed E-state index contributed by atoms with van der Waals surface area (Å²) in [6.45, 7) is 0.203. The number of thiophene rings is 1. The van der Waals surface area contributed by atoms with Gasteiger partial charge in [-0.2, -0.15) is 13.2 Å². The molecule has 0 fully saturated rings. The largest absolute Gasteiger partial charge is 0.416 e. The molecule has 1 amide bonds. The van der Waals surface area contributed by atoms with Crippen LogP contribution in [0.4, 0.5) is 13.2 Å². The average Bonchev–Trinajstić information content (AvgIpc) is 2.89. The Morgan fingerprint density at radius 1 is 1.16 bits per heavy atom. The van der Waals surface area contributed by atoms with E-state index in [0.29, 0.717) is 10.4 Å². The molecule has 0 spiro atoms. The number of carbonyl (C=O) groups is 1. The first-order valence-electron chi connectivity index (χ1n) is 5.44. The van der Waals surface area contributed by atoms with Crippen molar-refractivity contribution in [3.8, 4) is 0 Å². The molecule has 0 saturated carbocycles. The number of hydrogen-bond donors (Lipinski definition) is 1. The molecule has 1 heterocycles. The fourth-order valence-corrected chi connectivity index (χ4v) is 2.13. The third-order valence-corrected chi connectivity index (χ3v) is 3.35. The number of benzene rings is 1. The van der Waals surface area contributed by atoms with Crippen molar-refractivity contribution in [2.24, 2.45) is 0 Å². The second-order valence-corrected chi connectivity index (χ2v) is 4.80. The molecule has 2 aromatic rings. The van der Waals surface area contributed by atoms with Crippen molar-refractivity contribution in [1.82, 2.24) is 5.32 Å². The highest BCUT2D eigenvalue weighted by Crippen LogP contribution is 2.29. The molecule has 0 unspecified atom stereocenters. The SMILES string of the molecule is O=C(NCc1ccc(C(F)(F)F)cc1)c1cccs1. The Balaban J connectivity index is 1.95. The highest BCUT2D eigenvalue weighted by atomic mass is 32.1. The van der Waals surface area contributed by atoms with Crippen LogP contribution in [0.1, 0.15) is 20.8 Å². The fraction of sp³-hybridized carbons (Fsp3) is 0.154. The molecular weight excluding hydrogens is 275 g/mol. The molecule has 2 nitrogen and oxygen atoms in total. The van der Waals surface area contributed by atoms with Crippen LogP contribution in [0.3, 0.4) is 0 Å². The maximum Gasteiger partial charge on any atom is 0.416 e. The van der Waals surface area contributed by atoms with Gasteiger partial charge in [-0.3, -0.25) is 4.79 Å². The number of carbonyl (C=O) groups excluding carboxylic acids is 1. The molecule has 0 aliphatic carbocycles. The van der Waals surface area contributed by atoms with Crippen LogP contribution >= 0.6 is 11.3 Å². The Kier molecular flexibility index (Phi) is 3.90. The van der Waals surface area contributed by atoms with Crippen LogP contribution in [-0.2, 0) is 12.7 Å². The lowest BCUT2D eigenvalue weighted by atomic mass is 10.1. The molecule has 0 atom stereocenters. The number of halogens is 3. The maximum atomic E-state index is 12.4. The minimum atomic E-state index is -4.33. The Labute approximate surface area is 111 Å². The zero-order chi connectivity index (χ0) is 13.9. The molecule has 1 N–H and O–H groups in total. The molecule has 0 aliphatic heterocycles. The van der Waals surface area contributed by atoms with Gasteiger partial charge < -0.3 is 5.32 Å². The molecule has 0 saturated heterocycles. The van der Waals surface area contributed by atoms with Crippen LogP contribution < -0.4 is 5.32 Å². The van der Waals surface area contributed by atoms with E-state index in [9.17, 15) is 18.0 Å². The van der Waals surface area contributed by atoms with E-state index in [1.54, 1.807) is 17.5 Å². The van der Waals surface area contributed by atoms with Crippen LogP contribution in [0, 0.1) is 0 Å². The van der Waals surface area contributed by atoms with Crippen molar-refractivity contribution < 1.29 is 18.0 Å². The molecule has 19 heavy (non-hydrogen) atoms. The van der Waals surface area contributed by atoms with Crippen molar-refractivity contribution in [3.63, 3.8) is 0 Å². The summed E-state index contributed by atoms with van der Waals surface area (Å²) in [5, 5.41) is 4.43. The first-order valence-corrected chi connectivity index (χ1v) is 6.32. The lowest BCUT2D eigenvalue weighted by Crippen LogP contribution is -2.21. The van der Waals surface area contributed by atoms with Gasteiger partial charge in [-0.15, -0.1) is 11.3 Å². The Bertz CT molecular complexity index is 546. The summed E-state index contributed by atoms with van der Waals surface area (Å²) in [6.07, 6.45) is -4.33. The van der Waals surface area contributed by atoms with Crippen molar-refractivity contribution in [2.45, 2.75) is 12.7 Å². The van der Waals surface area contributed by atoms with Gasteiger partial charge in [0.2, 0.25) is 0 Å². The molecular formula is C13H10F3NOS. The molecule has 1 aromatic heterocycles. The van der Waals surface area contributed by atoms with E-state index >= 15 is 0 Å². The summed E-state index contributed by atoms with van der Waals surface area (Å²) < 4.78 is 37.1. The molecule has 6 heteroatoms. The van der Waals surface area contributed by atoms with Crippen LogP contribution in [0.25, 0.3) is 0 Å². The smallest absolute Gasteiger partial charge is 0.347 e. The molecule has 0 aliphatic rings. The number of amides is 1. The third kappa shape index (κ3) is 3.57. The zero-order valence-corrected chi connectivity index (χ0v) is 10.5. The van der Waals surface area contributed by atoms with Crippen LogP contribution in [-0.4, -0.2) is 5.91 Å². The predicted molar refractivity (Wildman–Crippen MR) is 66.9 cm³/mol. The van der Waals surface area contributed by atoms with Crippen molar-refractivity contribution >= 4 is 17.2 Å². The highest BCUT2D eigenvalue weighted by molar-refractivity contribution is 7.12. The normalized spacial score (nSPS) is 11.3. The van der Waals surface area contributed by atoms with Gasteiger partial charge in [-0.25, -0.2) is 0 Å². The summed E-state index contributed by atoms with van der Waals surface area (Å²) in [5.41, 5.74) is -0.0706. The van der Waals surface area contributed by atoms with E-state index in [1.807, 2.05) is 0 Å². The topological polar surface area (TPSA) is 29.1 Å². The summed E-state index contributed by atoms with van der Waals surface area (Å²) in [7, 11) is 0. The number of rotatable bonds is 3. The fourth-order valence-electron chi connectivity index (χ4n) is 1.49. The van der Waals surface area contributed by atoms with Gasteiger partial charge in [0.15, 0.2) is 0 Å². The Morgan fingerprint density at radius 2 is 1.84 bits per heavy atom. The van der Waals surface area contributed by atoms with Gasteiger partial charge >= 0.3 is 6.18 Å². The Morgan fingerprint density at radius 3 is 2.37 bits per heavy atom. The van der Waals surface area contributed by atoms with Crippen LogP contribution in [0.15, 0.2) is 41.8 Å². The minimum absolute atomic E-state index is 0.203. The quantitative estimate of drug-likeness (QED) is 0.915. The van der Waals surface area contributed by atoms with Crippen molar-refractivity contribution in [1.29, 1.82) is 0 Å². The molecule has 100 valence electrons. The van der Waals surface area contributed by atoms with Gasteiger partial charge in [-0.1, -0.05) is 18.2 Å². The molecule has 0 radical (unpaired) electrons. The van der Waals surface area contributed by atoms with Gasteiger partial charge in [0, 0.05) is 6.54 Å². The van der Waals surface area contributed by atoms with Gasteiger partial charge in [0.05, 0.1) is 10.4 Å². The summed E-state index contributed by atoms with van der Waals surface area (Å²) in [6, 6.07) is 8.18. The number of hydrogen-bond acceptors (Lipinski definition) is 2. The molecule has 0 bridgehead atoms. The van der Waals surface area contributed by atoms with Crippen LogP contribution in [0.5, 0.6) is 0 Å². The van der Waals surface area contributed by atoms with Crippen LogP contribution in [0.2, 0.25) is 0 Å². The number of alkyl halides is 3. The van der Waals surface area contributed by atoms with E-state index in [2.05, 4.69) is 5.32 Å². The second-order valence-electron chi connectivity index (χ2n) is 3.85. The standard InChI is InChI=1S/C13H10F3NOS/c14-13(15,16)10-5-3-9(4-6-10)8-17-12(18)11-2-1-7-19-11/h1-7H,8H2,(H,17,18). The summed E-state index contributed by atoms with van der Waals surface area (Å²) in [5.74, 6) is -0.227. The predicted octanol–water partition coefficient (Wildman–Crippen LogP) is 3.70. The molecule has 1 aromatic carbocycles. The average molecular weight is 285 g/mol. The van der Waals surface area contributed by atoms with E-state index in [0.717, 1.165) is 12.1 Å². The first-order chi connectivity index (χ1) is 8.97. The van der Waals surface area contributed by atoms with Crippen molar-refractivity contribution in [2.75, 3.05) is 0 Å². The minimum Gasteiger partial charge on any atom is -0.347 e. The van der Waals surface area contributed by atoms with E-state index in [4.69, 9.17) is 0 Å². The van der Waals surface area contributed by atoms with E-state index < -0.39 is 11.7 Å². The third-order valence-electron chi connectivity index (χ3n) is 2.48. The lowest BCUT2D eigenvalue weighted by Gasteiger charge is -2.08. The van der Waals surface area contributed by atoms with E-state index in [-0.39, 0.29) is 12.5 Å².